The van der Waals surface area contributed by atoms with E-state index in [-0.39, 0.29) is 29.0 Å². The van der Waals surface area contributed by atoms with Crippen LogP contribution < -0.4 is 9.47 Å². The van der Waals surface area contributed by atoms with Crippen LogP contribution in [0.25, 0.3) is 0 Å². The Morgan fingerprint density at radius 2 is 1.67 bits per heavy atom. The van der Waals surface area contributed by atoms with E-state index in [9.17, 15) is 4.79 Å². The molecule has 24 heavy (non-hydrogen) atoms. The van der Waals surface area contributed by atoms with E-state index in [1.165, 1.54) is 0 Å². The Kier molecular flexibility index (Phi) is 5.28. The molecule has 134 valence electrons. The van der Waals surface area contributed by atoms with Crippen LogP contribution >= 0.6 is 0 Å². The third kappa shape index (κ3) is 3.59. The van der Waals surface area contributed by atoms with Crippen LogP contribution in [-0.2, 0) is 9.53 Å². The molecule has 1 aromatic carbocycles. The van der Waals surface area contributed by atoms with Gasteiger partial charge in [0.15, 0.2) is 0 Å². The van der Waals surface area contributed by atoms with E-state index in [0.29, 0.717) is 17.4 Å². The summed E-state index contributed by atoms with van der Waals surface area (Å²) in [4.78, 5) is 12.7. The third-order valence-corrected chi connectivity index (χ3v) is 5.08. The molecule has 1 aromatic rings. The number of ether oxygens (including phenoxy) is 3. The van der Waals surface area contributed by atoms with E-state index < -0.39 is 0 Å². The zero-order chi connectivity index (χ0) is 18.1. The Hall–Kier alpha value is -1.55. The molecule has 0 bridgehead atoms. The van der Waals surface area contributed by atoms with E-state index in [1.54, 1.807) is 31.4 Å². The molecule has 0 radical (unpaired) electrons. The number of benzene rings is 1. The highest BCUT2D eigenvalue weighted by atomic mass is 16.7. The summed E-state index contributed by atoms with van der Waals surface area (Å²) in [5.74, 6) is 1.72. The van der Waals surface area contributed by atoms with Crippen molar-refractivity contribution in [3.8, 4) is 11.5 Å². The second-order valence-electron chi connectivity index (χ2n) is 8.15. The van der Waals surface area contributed by atoms with E-state index in [2.05, 4.69) is 27.7 Å². The molecule has 1 fully saturated rings. The summed E-state index contributed by atoms with van der Waals surface area (Å²) >= 11 is 0. The molecular weight excluding hydrogens is 304 g/mol. The molecule has 0 aliphatic heterocycles. The first-order valence-electron chi connectivity index (χ1n) is 8.63. The molecule has 4 nitrogen and oxygen atoms in total. The van der Waals surface area contributed by atoms with Gasteiger partial charge in [-0.25, -0.2) is 0 Å². The standard InChI is InChI=1S/C20H30O4/c1-13(2)17(22-7)23-15-8-10-16(11-9-15)24-18(21)20(12-14(20)3)19(4,5)6/h8-11,13-14,17H,12H2,1-7H3. The van der Waals surface area contributed by atoms with Gasteiger partial charge in [0.05, 0.1) is 5.41 Å². The number of carbonyl (C=O) groups excluding carboxylic acids is 1. The van der Waals surface area contributed by atoms with Gasteiger partial charge in [-0.15, -0.1) is 0 Å². The van der Waals surface area contributed by atoms with Gasteiger partial charge in [0.25, 0.3) is 0 Å². The Bertz CT molecular complexity index is 570. The highest BCUT2D eigenvalue weighted by molar-refractivity contribution is 5.83. The van der Waals surface area contributed by atoms with Crippen molar-refractivity contribution in [1.82, 2.24) is 0 Å². The molecule has 1 aliphatic rings. The first-order valence-corrected chi connectivity index (χ1v) is 8.63. The maximum Gasteiger partial charge on any atom is 0.318 e. The van der Waals surface area contributed by atoms with Gasteiger partial charge in [0.1, 0.15) is 11.5 Å². The number of hydrogen-bond acceptors (Lipinski definition) is 4. The van der Waals surface area contributed by atoms with Gasteiger partial charge in [0, 0.05) is 13.0 Å². The molecule has 3 atom stereocenters. The molecule has 0 spiro atoms. The van der Waals surface area contributed by atoms with Gasteiger partial charge in [-0.05, 0) is 42.0 Å². The zero-order valence-electron chi connectivity index (χ0n) is 15.9. The van der Waals surface area contributed by atoms with E-state index in [1.807, 2.05) is 13.8 Å². The third-order valence-electron chi connectivity index (χ3n) is 5.08. The SMILES string of the molecule is COC(Oc1ccc(OC(=O)C2(C(C)(C)C)CC2C)cc1)C(C)C. The van der Waals surface area contributed by atoms with Crippen molar-refractivity contribution in [3.05, 3.63) is 24.3 Å². The van der Waals surface area contributed by atoms with Crippen LogP contribution in [0.1, 0.15) is 48.0 Å². The van der Waals surface area contributed by atoms with Gasteiger partial charge in [-0.2, -0.15) is 0 Å². The van der Waals surface area contributed by atoms with Crippen LogP contribution in [0, 0.1) is 22.7 Å². The maximum absolute atomic E-state index is 12.7. The van der Waals surface area contributed by atoms with Gasteiger partial charge in [-0.1, -0.05) is 41.5 Å². The molecule has 0 aromatic heterocycles. The van der Waals surface area contributed by atoms with Crippen molar-refractivity contribution in [2.45, 2.75) is 54.3 Å². The number of rotatable bonds is 6. The fourth-order valence-electron chi connectivity index (χ4n) is 3.43. The van der Waals surface area contributed by atoms with Crippen LogP contribution in [0.5, 0.6) is 11.5 Å². The molecule has 1 aliphatic carbocycles. The molecule has 4 heteroatoms. The van der Waals surface area contributed by atoms with Crippen molar-refractivity contribution in [3.63, 3.8) is 0 Å². The monoisotopic (exact) mass is 334 g/mol. The summed E-state index contributed by atoms with van der Waals surface area (Å²) in [7, 11) is 1.63. The second kappa shape index (κ2) is 6.75. The summed E-state index contributed by atoms with van der Waals surface area (Å²) in [6.07, 6.45) is 0.593. The lowest BCUT2D eigenvalue weighted by atomic mass is 9.76. The maximum atomic E-state index is 12.7. The first-order chi connectivity index (χ1) is 11.1. The van der Waals surface area contributed by atoms with E-state index >= 15 is 0 Å². The lowest BCUT2D eigenvalue weighted by Gasteiger charge is -2.29. The minimum Gasteiger partial charge on any atom is -0.465 e. The molecule has 1 saturated carbocycles. The predicted octanol–water partition coefficient (Wildman–Crippen LogP) is 4.67. The summed E-state index contributed by atoms with van der Waals surface area (Å²) < 4.78 is 16.7. The molecular formula is C20H30O4. The highest BCUT2D eigenvalue weighted by Crippen LogP contribution is 2.63. The Labute approximate surface area is 145 Å². The van der Waals surface area contributed by atoms with Crippen LogP contribution in [0.15, 0.2) is 24.3 Å². The van der Waals surface area contributed by atoms with Crippen molar-refractivity contribution >= 4 is 5.97 Å². The smallest absolute Gasteiger partial charge is 0.318 e. The minimum absolute atomic E-state index is 0.102. The van der Waals surface area contributed by atoms with Crippen LogP contribution in [0.3, 0.4) is 0 Å². The van der Waals surface area contributed by atoms with Crippen LogP contribution in [-0.4, -0.2) is 19.4 Å². The number of methoxy groups -OCH3 is 1. The van der Waals surface area contributed by atoms with Gasteiger partial charge in [0.2, 0.25) is 6.29 Å². The first kappa shape index (κ1) is 18.8. The summed E-state index contributed by atoms with van der Waals surface area (Å²) in [5.41, 5.74) is -0.476. The average molecular weight is 334 g/mol. The van der Waals surface area contributed by atoms with Gasteiger partial charge >= 0.3 is 5.97 Å². The predicted molar refractivity (Wildman–Crippen MR) is 94.0 cm³/mol. The van der Waals surface area contributed by atoms with Crippen molar-refractivity contribution in [2.75, 3.05) is 7.11 Å². The lowest BCUT2D eigenvalue weighted by molar-refractivity contribution is -0.145. The molecule has 3 unspecified atom stereocenters. The number of hydrogen-bond donors (Lipinski definition) is 0. The fourth-order valence-corrected chi connectivity index (χ4v) is 3.43. The summed E-state index contributed by atoms with van der Waals surface area (Å²) in [6.45, 7) is 12.5. The quantitative estimate of drug-likeness (QED) is 0.431. The minimum atomic E-state index is -0.374. The molecule has 0 amide bonds. The van der Waals surface area contributed by atoms with E-state index in [0.717, 1.165) is 6.42 Å². The zero-order valence-corrected chi connectivity index (χ0v) is 15.9. The Morgan fingerprint density at radius 1 is 1.17 bits per heavy atom. The van der Waals surface area contributed by atoms with E-state index in [4.69, 9.17) is 14.2 Å². The summed E-state index contributed by atoms with van der Waals surface area (Å²) in [5, 5.41) is 0. The van der Waals surface area contributed by atoms with Crippen molar-refractivity contribution in [1.29, 1.82) is 0 Å². The second-order valence-corrected chi connectivity index (χ2v) is 8.15. The highest BCUT2D eigenvalue weighted by Gasteiger charge is 2.65. The van der Waals surface area contributed by atoms with Gasteiger partial charge < -0.3 is 14.2 Å². The lowest BCUT2D eigenvalue weighted by Crippen LogP contribution is -2.35. The molecule has 0 N–H and O–H groups in total. The molecule has 0 heterocycles. The van der Waals surface area contributed by atoms with Crippen molar-refractivity contribution in [2.24, 2.45) is 22.7 Å². The van der Waals surface area contributed by atoms with Gasteiger partial charge in [-0.3, -0.25) is 4.79 Å². The normalized spacial score (nSPS) is 24.6. The van der Waals surface area contributed by atoms with Crippen LogP contribution in [0.2, 0.25) is 0 Å². The fraction of sp³-hybridized carbons (Fsp3) is 0.650. The average Bonchev–Trinajstić information content (AvgIpc) is 3.19. The largest absolute Gasteiger partial charge is 0.465 e. The number of carbonyl (C=O) groups is 1. The molecule has 2 rings (SSSR count). The van der Waals surface area contributed by atoms with Crippen molar-refractivity contribution < 1.29 is 19.0 Å². The Morgan fingerprint density at radius 3 is 2.04 bits per heavy atom. The Balaban J connectivity index is 2.03. The van der Waals surface area contributed by atoms with Crippen LogP contribution in [0.4, 0.5) is 0 Å². The topological polar surface area (TPSA) is 44.8 Å². The summed E-state index contributed by atoms with van der Waals surface area (Å²) in [6, 6.07) is 7.14. The molecule has 0 saturated heterocycles. The number of esters is 1.